The molecular weight excluding hydrogens is 304 g/mol. The number of hydrogen-bond donors (Lipinski definition) is 1. The van der Waals surface area contributed by atoms with Crippen LogP contribution in [0.2, 0.25) is 0 Å². The third kappa shape index (κ3) is 4.55. The first kappa shape index (κ1) is 18.1. The summed E-state index contributed by atoms with van der Waals surface area (Å²) in [6, 6.07) is 6.18. The highest BCUT2D eigenvalue weighted by atomic mass is 32.2. The maximum atomic E-state index is 12.7. The normalized spacial score (nSPS) is 12.2. The zero-order valence-corrected chi connectivity index (χ0v) is 13.9. The highest BCUT2D eigenvalue weighted by Crippen LogP contribution is 2.24. The summed E-state index contributed by atoms with van der Waals surface area (Å²) in [6.07, 6.45) is 0. The van der Waals surface area contributed by atoms with Crippen molar-refractivity contribution in [1.29, 1.82) is 5.26 Å². The van der Waals surface area contributed by atoms with Crippen molar-refractivity contribution in [2.24, 2.45) is 5.41 Å². The summed E-state index contributed by atoms with van der Waals surface area (Å²) in [6.45, 7) is 6.58. The first-order valence-electron chi connectivity index (χ1n) is 6.70. The maximum Gasteiger partial charge on any atom is 0.318 e. The minimum atomic E-state index is -3.94. The second kappa shape index (κ2) is 6.46. The predicted octanol–water partition coefficient (Wildman–Crippen LogP) is 1.99. The summed E-state index contributed by atoms with van der Waals surface area (Å²) in [5.74, 6) is -1.21. The van der Waals surface area contributed by atoms with Gasteiger partial charge in [0, 0.05) is 6.54 Å². The van der Waals surface area contributed by atoms with Crippen molar-refractivity contribution in [3.8, 4) is 6.07 Å². The fraction of sp³-hybridized carbons (Fsp3) is 0.467. The lowest BCUT2D eigenvalue weighted by Crippen LogP contribution is -2.41. The van der Waals surface area contributed by atoms with Gasteiger partial charge in [-0.1, -0.05) is 20.8 Å². The summed E-state index contributed by atoms with van der Waals surface area (Å²) in [5.41, 5.74) is 0.392. The van der Waals surface area contributed by atoms with E-state index in [0.717, 1.165) is 4.31 Å². The van der Waals surface area contributed by atoms with Crippen molar-refractivity contribution in [2.75, 3.05) is 13.1 Å². The molecule has 22 heavy (non-hydrogen) atoms. The van der Waals surface area contributed by atoms with Crippen LogP contribution in [-0.4, -0.2) is 36.9 Å². The van der Waals surface area contributed by atoms with Gasteiger partial charge in [0.05, 0.1) is 16.5 Å². The van der Waals surface area contributed by atoms with Crippen LogP contribution >= 0.6 is 0 Å². The van der Waals surface area contributed by atoms with E-state index in [2.05, 4.69) is 0 Å². The van der Waals surface area contributed by atoms with Gasteiger partial charge in [0.15, 0.2) is 0 Å². The lowest BCUT2D eigenvalue weighted by atomic mass is 9.97. The van der Waals surface area contributed by atoms with Crippen LogP contribution in [0.15, 0.2) is 23.1 Å². The average molecular weight is 324 g/mol. The number of aliphatic carboxylic acids is 1. The molecule has 0 fully saturated rings. The van der Waals surface area contributed by atoms with E-state index in [1.807, 2.05) is 26.8 Å². The molecule has 0 aromatic heterocycles. The van der Waals surface area contributed by atoms with Crippen molar-refractivity contribution in [3.05, 3.63) is 29.3 Å². The van der Waals surface area contributed by atoms with E-state index in [1.165, 1.54) is 18.2 Å². The van der Waals surface area contributed by atoms with E-state index >= 15 is 0 Å². The van der Waals surface area contributed by atoms with Crippen LogP contribution in [-0.2, 0) is 14.8 Å². The van der Waals surface area contributed by atoms with Gasteiger partial charge in [0.25, 0.3) is 0 Å². The lowest BCUT2D eigenvalue weighted by Gasteiger charge is -2.28. The second-order valence-electron chi connectivity index (χ2n) is 6.32. The first-order chi connectivity index (χ1) is 9.97. The SMILES string of the molecule is Cc1cc(C#N)ccc1S(=O)(=O)N(CC(=O)O)CC(C)(C)C. The predicted molar refractivity (Wildman–Crippen MR) is 81.7 cm³/mol. The standard InChI is InChI=1S/C15H20N2O4S/c1-11-7-12(8-16)5-6-13(11)22(20,21)17(9-14(18)19)10-15(2,3)4/h5-7H,9-10H2,1-4H3,(H,18,19). The minimum absolute atomic E-state index is 0.0250. The number of carboxylic acid groups (broad SMARTS) is 1. The van der Waals surface area contributed by atoms with Gasteiger partial charge in [-0.05, 0) is 36.1 Å². The van der Waals surface area contributed by atoms with Gasteiger partial charge in [-0.25, -0.2) is 8.42 Å². The number of rotatable bonds is 5. The second-order valence-corrected chi connectivity index (χ2v) is 8.23. The smallest absolute Gasteiger partial charge is 0.318 e. The number of nitriles is 1. The number of sulfonamides is 1. The van der Waals surface area contributed by atoms with Crippen LogP contribution in [0.4, 0.5) is 0 Å². The molecule has 0 bridgehead atoms. The minimum Gasteiger partial charge on any atom is -0.480 e. The molecule has 7 heteroatoms. The Hall–Kier alpha value is -1.91. The number of aryl methyl sites for hydroxylation is 1. The van der Waals surface area contributed by atoms with Crippen molar-refractivity contribution >= 4 is 16.0 Å². The summed E-state index contributed by atoms with van der Waals surface area (Å²) >= 11 is 0. The Kier molecular flexibility index (Phi) is 5.33. The van der Waals surface area contributed by atoms with Gasteiger partial charge in [-0.2, -0.15) is 9.57 Å². The molecule has 1 N–H and O–H groups in total. The molecule has 0 atom stereocenters. The summed E-state index contributed by atoms with van der Waals surface area (Å²) < 4.78 is 26.5. The number of hydrogen-bond acceptors (Lipinski definition) is 4. The lowest BCUT2D eigenvalue weighted by molar-refractivity contribution is -0.137. The number of carbonyl (C=O) groups is 1. The van der Waals surface area contributed by atoms with E-state index in [0.29, 0.717) is 11.1 Å². The van der Waals surface area contributed by atoms with Crippen molar-refractivity contribution in [1.82, 2.24) is 4.31 Å². The molecule has 0 saturated carbocycles. The van der Waals surface area contributed by atoms with Gasteiger partial charge >= 0.3 is 5.97 Å². The largest absolute Gasteiger partial charge is 0.480 e. The van der Waals surface area contributed by atoms with Gasteiger partial charge in [0.2, 0.25) is 10.0 Å². The molecule has 1 aromatic rings. The van der Waals surface area contributed by atoms with Crippen molar-refractivity contribution in [2.45, 2.75) is 32.6 Å². The Bertz CT molecular complexity index is 712. The van der Waals surface area contributed by atoms with E-state index in [1.54, 1.807) is 6.92 Å². The molecule has 0 spiro atoms. The molecule has 0 unspecified atom stereocenters. The maximum absolute atomic E-state index is 12.7. The first-order valence-corrected chi connectivity index (χ1v) is 8.14. The van der Waals surface area contributed by atoms with E-state index in [-0.39, 0.29) is 16.9 Å². The fourth-order valence-electron chi connectivity index (χ4n) is 2.05. The molecule has 0 amide bonds. The summed E-state index contributed by atoms with van der Waals surface area (Å²) in [7, 11) is -3.94. The Morgan fingerprint density at radius 1 is 1.36 bits per heavy atom. The highest BCUT2D eigenvalue weighted by Gasteiger charge is 2.31. The molecule has 0 saturated heterocycles. The van der Waals surface area contributed by atoms with Crippen LogP contribution in [0.5, 0.6) is 0 Å². The topological polar surface area (TPSA) is 98.5 Å². The number of carboxylic acids is 1. The monoisotopic (exact) mass is 324 g/mol. The van der Waals surface area contributed by atoms with Gasteiger partial charge < -0.3 is 5.11 Å². The molecule has 0 radical (unpaired) electrons. The van der Waals surface area contributed by atoms with Crippen molar-refractivity contribution < 1.29 is 18.3 Å². The van der Waals surface area contributed by atoms with Crippen LogP contribution in [0.3, 0.4) is 0 Å². The molecule has 1 rings (SSSR count). The van der Waals surface area contributed by atoms with Gasteiger partial charge in [-0.15, -0.1) is 0 Å². The highest BCUT2D eigenvalue weighted by molar-refractivity contribution is 7.89. The van der Waals surface area contributed by atoms with Gasteiger partial charge in [-0.3, -0.25) is 4.79 Å². The van der Waals surface area contributed by atoms with Crippen LogP contribution in [0, 0.1) is 23.7 Å². The Labute approximate surface area is 131 Å². The fourth-order valence-corrected chi connectivity index (χ4v) is 3.87. The molecule has 0 heterocycles. The molecule has 0 aliphatic heterocycles. The quantitative estimate of drug-likeness (QED) is 0.893. The Morgan fingerprint density at radius 3 is 2.36 bits per heavy atom. The third-order valence-electron chi connectivity index (χ3n) is 2.88. The van der Waals surface area contributed by atoms with Crippen LogP contribution in [0.25, 0.3) is 0 Å². The van der Waals surface area contributed by atoms with Crippen molar-refractivity contribution in [3.63, 3.8) is 0 Å². The third-order valence-corrected chi connectivity index (χ3v) is 4.84. The van der Waals surface area contributed by atoms with E-state index in [4.69, 9.17) is 10.4 Å². The molecule has 120 valence electrons. The molecule has 0 aliphatic rings. The summed E-state index contributed by atoms with van der Waals surface area (Å²) in [5, 5.41) is 17.8. The Balaban J connectivity index is 3.33. The van der Waals surface area contributed by atoms with E-state index in [9.17, 15) is 13.2 Å². The van der Waals surface area contributed by atoms with Crippen LogP contribution in [0.1, 0.15) is 31.9 Å². The van der Waals surface area contributed by atoms with Crippen LogP contribution < -0.4 is 0 Å². The zero-order valence-electron chi connectivity index (χ0n) is 13.1. The Morgan fingerprint density at radius 2 is 1.95 bits per heavy atom. The molecular formula is C15H20N2O4S. The zero-order chi connectivity index (χ0) is 17.1. The van der Waals surface area contributed by atoms with E-state index < -0.39 is 22.5 Å². The number of benzene rings is 1. The molecule has 6 nitrogen and oxygen atoms in total. The molecule has 1 aromatic carbocycles. The summed E-state index contributed by atoms with van der Waals surface area (Å²) in [4.78, 5) is 11.0. The van der Waals surface area contributed by atoms with Gasteiger partial charge in [0.1, 0.15) is 6.54 Å². The average Bonchev–Trinajstić information content (AvgIpc) is 2.35. The molecule has 0 aliphatic carbocycles. The number of nitrogens with zero attached hydrogens (tertiary/aromatic N) is 2.